The Bertz CT molecular complexity index is 668. The van der Waals surface area contributed by atoms with Gasteiger partial charge in [-0.05, 0) is 30.3 Å². The van der Waals surface area contributed by atoms with E-state index in [0.717, 1.165) is 24.3 Å². The van der Waals surface area contributed by atoms with E-state index >= 15 is 0 Å². The van der Waals surface area contributed by atoms with E-state index in [9.17, 15) is 18.0 Å². The standard InChI is InChI=1S/C13H8BrF3N2O/c14-6-3-8(16)12(9(17)4-6)13(20)19-11-2-1-7(15)5-10(11)18/h1-5H,18H2,(H,19,20). The normalized spacial score (nSPS) is 10.4. The minimum Gasteiger partial charge on any atom is -0.397 e. The molecule has 0 aliphatic rings. The van der Waals surface area contributed by atoms with E-state index in [4.69, 9.17) is 5.73 Å². The van der Waals surface area contributed by atoms with E-state index in [1.54, 1.807) is 0 Å². The summed E-state index contributed by atoms with van der Waals surface area (Å²) < 4.78 is 40.2. The molecule has 2 aromatic rings. The molecule has 104 valence electrons. The SMILES string of the molecule is Nc1cc(F)ccc1NC(=O)c1c(F)cc(Br)cc1F. The van der Waals surface area contributed by atoms with Gasteiger partial charge < -0.3 is 11.1 Å². The maximum Gasteiger partial charge on any atom is 0.261 e. The fourth-order valence-corrected chi connectivity index (χ4v) is 1.99. The second-order valence-corrected chi connectivity index (χ2v) is 4.85. The lowest BCUT2D eigenvalue weighted by Crippen LogP contribution is -2.17. The maximum atomic E-state index is 13.6. The van der Waals surface area contributed by atoms with E-state index < -0.39 is 28.9 Å². The molecule has 3 N–H and O–H groups in total. The zero-order valence-electron chi connectivity index (χ0n) is 9.88. The fourth-order valence-electron chi connectivity index (χ4n) is 1.59. The zero-order chi connectivity index (χ0) is 14.9. The second-order valence-electron chi connectivity index (χ2n) is 3.93. The van der Waals surface area contributed by atoms with Gasteiger partial charge in [-0.25, -0.2) is 13.2 Å². The third-order valence-electron chi connectivity index (χ3n) is 2.50. The van der Waals surface area contributed by atoms with Gasteiger partial charge in [0.2, 0.25) is 0 Å². The monoisotopic (exact) mass is 344 g/mol. The highest BCUT2D eigenvalue weighted by Crippen LogP contribution is 2.23. The summed E-state index contributed by atoms with van der Waals surface area (Å²) in [6.07, 6.45) is 0. The predicted molar refractivity (Wildman–Crippen MR) is 72.8 cm³/mol. The van der Waals surface area contributed by atoms with Crippen molar-refractivity contribution in [2.45, 2.75) is 0 Å². The van der Waals surface area contributed by atoms with Gasteiger partial charge in [-0.1, -0.05) is 15.9 Å². The van der Waals surface area contributed by atoms with Crippen LogP contribution in [0.15, 0.2) is 34.8 Å². The lowest BCUT2D eigenvalue weighted by Gasteiger charge is -2.09. The molecular weight excluding hydrogens is 337 g/mol. The highest BCUT2D eigenvalue weighted by Gasteiger charge is 2.19. The largest absolute Gasteiger partial charge is 0.397 e. The summed E-state index contributed by atoms with van der Waals surface area (Å²) in [5.74, 6) is -3.63. The van der Waals surface area contributed by atoms with Crippen LogP contribution in [-0.4, -0.2) is 5.91 Å². The van der Waals surface area contributed by atoms with Gasteiger partial charge in [-0.15, -0.1) is 0 Å². The number of nitrogen functional groups attached to an aromatic ring is 1. The highest BCUT2D eigenvalue weighted by molar-refractivity contribution is 9.10. The predicted octanol–water partition coefficient (Wildman–Crippen LogP) is 3.70. The number of nitrogens with two attached hydrogens (primary N) is 1. The minimum absolute atomic E-state index is 0.0451. The van der Waals surface area contributed by atoms with Crippen molar-refractivity contribution in [1.29, 1.82) is 0 Å². The summed E-state index contributed by atoms with van der Waals surface area (Å²) in [7, 11) is 0. The molecule has 0 atom stereocenters. The van der Waals surface area contributed by atoms with Gasteiger partial charge >= 0.3 is 0 Å². The molecule has 0 fully saturated rings. The van der Waals surface area contributed by atoms with E-state index in [0.29, 0.717) is 0 Å². The van der Waals surface area contributed by atoms with Crippen LogP contribution in [0.3, 0.4) is 0 Å². The van der Waals surface area contributed by atoms with Gasteiger partial charge in [0.25, 0.3) is 5.91 Å². The first-order valence-corrected chi connectivity index (χ1v) is 6.18. The first-order valence-electron chi connectivity index (χ1n) is 5.39. The summed E-state index contributed by atoms with van der Waals surface area (Å²) in [6.45, 7) is 0. The van der Waals surface area contributed by atoms with Crippen molar-refractivity contribution in [1.82, 2.24) is 0 Å². The quantitative estimate of drug-likeness (QED) is 0.816. The van der Waals surface area contributed by atoms with Gasteiger partial charge in [-0.3, -0.25) is 4.79 Å². The van der Waals surface area contributed by atoms with Crippen LogP contribution in [0, 0.1) is 17.5 Å². The molecule has 0 saturated carbocycles. The smallest absolute Gasteiger partial charge is 0.261 e. The Balaban J connectivity index is 2.33. The van der Waals surface area contributed by atoms with Gasteiger partial charge in [0.05, 0.1) is 11.4 Å². The van der Waals surface area contributed by atoms with Crippen molar-refractivity contribution in [3.63, 3.8) is 0 Å². The number of hydrogen-bond donors (Lipinski definition) is 2. The molecule has 0 heterocycles. The molecule has 0 aromatic heterocycles. The molecule has 0 unspecified atom stereocenters. The lowest BCUT2D eigenvalue weighted by molar-refractivity contribution is 0.101. The van der Waals surface area contributed by atoms with Crippen molar-refractivity contribution in [2.24, 2.45) is 0 Å². The number of anilines is 2. The fraction of sp³-hybridized carbons (Fsp3) is 0. The van der Waals surface area contributed by atoms with Gasteiger partial charge in [0.1, 0.15) is 23.0 Å². The number of rotatable bonds is 2. The lowest BCUT2D eigenvalue weighted by atomic mass is 10.1. The van der Waals surface area contributed by atoms with E-state index in [2.05, 4.69) is 21.2 Å². The number of hydrogen-bond acceptors (Lipinski definition) is 2. The molecule has 20 heavy (non-hydrogen) atoms. The molecule has 1 amide bonds. The average Bonchev–Trinajstić information content (AvgIpc) is 2.31. The van der Waals surface area contributed by atoms with Gasteiger partial charge in [-0.2, -0.15) is 0 Å². The number of amides is 1. The average molecular weight is 345 g/mol. The van der Waals surface area contributed by atoms with Crippen molar-refractivity contribution in [3.05, 3.63) is 57.8 Å². The van der Waals surface area contributed by atoms with Crippen molar-refractivity contribution < 1.29 is 18.0 Å². The topological polar surface area (TPSA) is 55.1 Å². The Labute approximate surface area is 120 Å². The van der Waals surface area contributed by atoms with Crippen LogP contribution in [0.4, 0.5) is 24.5 Å². The molecule has 7 heteroatoms. The molecule has 0 radical (unpaired) electrons. The van der Waals surface area contributed by atoms with Crippen LogP contribution in [-0.2, 0) is 0 Å². The first kappa shape index (κ1) is 14.4. The number of carbonyl (C=O) groups excluding carboxylic acids is 1. The Morgan fingerprint density at radius 3 is 2.25 bits per heavy atom. The van der Waals surface area contributed by atoms with E-state index in [-0.39, 0.29) is 15.8 Å². The molecule has 0 aliphatic carbocycles. The summed E-state index contributed by atoms with van der Waals surface area (Å²) >= 11 is 2.91. The van der Waals surface area contributed by atoms with Crippen molar-refractivity contribution in [3.8, 4) is 0 Å². The van der Waals surface area contributed by atoms with E-state index in [1.807, 2.05) is 0 Å². The molecule has 0 aliphatic heterocycles. The summed E-state index contributed by atoms with van der Waals surface area (Å²) in [5, 5.41) is 2.23. The zero-order valence-corrected chi connectivity index (χ0v) is 11.5. The van der Waals surface area contributed by atoms with Crippen LogP contribution in [0.25, 0.3) is 0 Å². The van der Waals surface area contributed by atoms with Crippen LogP contribution >= 0.6 is 15.9 Å². The molecule has 0 bridgehead atoms. The van der Waals surface area contributed by atoms with Crippen LogP contribution in [0.5, 0.6) is 0 Å². The second kappa shape index (κ2) is 5.54. The maximum absolute atomic E-state index is 13.6. The van der Waals surface area contributed by atoms with Gasteiger partial charge in [0, 0.05) is 4.47 Å². The molecule has 0 saturated heterocycles. The highest BCUT2D eigenvalue weighted by atomic mass is 79.9. The Hall–Kier alpha value is -2.02. The van der Waals surface area contributed by atoms with Crippen LogP contribution in [0.2, 0.25) is 0 Å². The third kappa shape index (κ3) is 2.93. The molecule has 3 nitrogen and oxygen atoms in total. The molecular formula is C13H8BrF3N2O. The molecule has 2 rings (SSSR count). The van der Waals surface area contributed by atoms with Crippen LogP contribution in [0.1, 0.15) is 10.4 Å². The van der Waals surface area contributed by atoms with Crippen molar-refractivity contribution in [2.75, 3.05) is 11.1 Å². The number of nitrogens with one attached hydrogen (secondary N) is 1. The molecule has 0 spiro atoms. The number of carbonyl (C=O) groups is 1. The van der Waals surface area contributed by atoms with Gasteiger partial charge in [0.15, 0.2) is 0 Å². The van der Waals surface area contributed by atoms with Crippen LogP contribution < -0.4 is 11.1 Å². The summed E-state index contributed by atoms with van der Waals surface area (Å²) in [4.78, 5) is 11.8. The number of benzene rings is 2. The Morgan fingerprint density at radius 2 is 1.70 bits per heavy atom. The van der Waals surface area contributed by atoms with E-state index in [1.165, 1.54) is 6.07 Å². The molecule has 2 aromatic carbocycles. The summed E-state index contributed by atoms with van der Waals surface area (Å²) in [5.41, 5.74) is 4.78. The Morgan fingerprint density at radius 1 is 1.10 bits per heavy atom. The number of halogens is 4. The van der Waals surface area contributed by atoms with Crippen molar-refractivity contribution >= 4 is 33.2 Å². The third-order valence-corrected chi connectivity index (χ3v) is 2.95. The Kier molecular flexibility index (Phi) is 3.99. The first-order chi connectivity index (χ1) is 9.38. The minimum atomic E-state index is -1.02. The summed E-state index contributed by atoms with van der Waals surface area (Å²) in [6, 6.07) is 5.19.